The highest BCUT2D eigenvalue weighted by Gasteiger charge is 2.43. The van der Waals surface area contributed by atoms with Gasteiger partial charge in [-0.15, -0.1) is 5.10 Å². The molecule has 2 aliphatic rings. The van der Waals surface area contributed by atoms with E-state index in [0.717, 1.165) is 10.7 Å². The number of fused-ring (bicyclic) bond motifs is 1. The second-order valence-corrected chi connectivity index (χ2v) is 8.68. The van der Waals surface area contributed by atoms with Crippen LogP contribution in [0.15, 0.2) is 12.1 Å². The van der Waals surface area contributed by atoms with E-state index in [0.29, 0.717) is 6.42 Å². The van der Waals surface area contributed by atoms with Crippen LogP contribution in [0.4, 0.5) is 17.6 Å². The average molecular weight is 429 g/mol. The van der Waals surface area contributed by atoms with Gasteiger partial charge < -0.3 is 15.2 Å². The summed E-state index contributed by atoms with van der Waals surface area (Å²) in [7, 11) is 0. The van der Waals surface area contributed by atoms with E-state index in [1.165, 1.54) is 6.07 Å². The van der Waals surface area contributed by atoms with Crippen molar-refractivity contribution in [3.8, 4) is 5.75 Å². The van der Waals surface area contributed by atoms with Crippen molar-refractivity contribution in [2.75, 3.05) is 6.61 Å². The number of nitrogens with zero attached hydrogens (tertiary/aromatic N) is 2. The molecule has 1 aliphatic heterocycles. The molecule has 0 bridgehead atoms. The number of ether oxygens (including phenoxy) is 1. The smallest absolute Gasteiger partial charge is 0.418 e. The van der Waals surface area contributed by atoms with Crippen LogP contribution in [0.1, 0.15) is 51.1 Å². The van der Waals surface area contributed by atoms with E-state index in [4.69, 9.17) is 4.74 Å². The van der Waals surface area contributed by atoms with Crippen molar-refractivity contribution in [2.45, 2.75) is 69.4 Å². The highest BCUT2D eigenvalue weighted by atomic mass is 19.4. The third-order valence-electron chi connectivity index (χ3n) is 5.71. The number of benzene rings is 1. The SMILES string of the molecule is CC1CC(=O)CC(COc2cc(C(F)(F)F)c3c(c2)c(F)nn3C2CC(C)(O)C2)N1. The Bertz CT molecular complexity index is 978. The average Bonchev–Trinajstić information content (AvgIpc) is 2.92. The summed E-state index contributed by atoms with van der Waals surface area (Å²) >= 11 is 0. The van der Waals surface area contributed by atoms with Crippen LogP contribution in [0, 0.1) is 5.95 Å². The second-order valence-electron chi connectivity index (χ2n) is 8.68. The van der Waals surface area contributed by atoms with Crippen molar-refractivity contribution in [3.63, 3.8) is 0 Å². The van der Waals surface area contributed by atoms with Gasteiger partial charge in [-0.1, -0.05) is 0 Å². The number of Topliss-reactive ketones (excluding diaryl/α,β-unsaturated/α-hetero) is 1. The molecule has 1 saturated heterocycles. The lowest BCUT2D eigenvalue weighted by molar-refractivity contribution is -0.136. The van der Waals surface area contributed by atoms with Crippen molar-refractivity contribution in [3.05, 3.63) is 23.6 Å². The van der Waals surface area contributed by atoms with Crippen LogP contribution in [0.25, 0.3) is 10.9 Å². The maximum Gasteiger partial charge on any atom is 0.418 e. The minimum Gasteiger partial charge on any atom is -0.492 e. The summed E-state index contributed by atoms with van der Waals surface area (Å²) in [6.07, 6.45) is -3.73. The maximum absolute atomic E-state index is 14.5. The molecule has 2 atom stereocenters. The first kappa shape index (κ1) is 21.0. The first-order valence-corrected chi connectivity index (χ1v) is 9.85. The molecule has 1 aliphatic carbocycles. The summed E-state index contributed by atoms with van der Waals surface area (Å²) in [6, 6.07) is 1.16. The van der Waals surface area contributed by atoms with Crippen LogP contribution in [0.3, 0.4) is 0 Å². The van der Waals surface area contributed by atoms with Crippen LogP contribution in [-0.2, 0) is 11.0 Å². The number of aliphatic hydroxyl groups is 1. The molecule has 4 rings (SSSR count). The van der Waals surface area contributed by atoms with Crippen LogP contribution in [0.2, 0.25) is 0 Å². The van der Waals surface area contributed by atoms with Crippen LogP contribution in [-0.4, -0.2) is 45.0 Å². The van der Waals surface area contributed by atoms with Gasteiger partial charge in [0, 0.05) is 24.9 Å². The molecule has 1 saturated carbocycles. The second kappa shape index (κ2) is 7.19. The molecule has 2 heterocycles. The fourth-order valence-electron chi connectivity index (χ4n) is 4.43. The Labute approximate surface area is 170 Å². The number of hydrogen-bond donors (Lipinski definition) is 2. The molecule has 1 aromatic heterocycles. The van der Waals surface area contributed by atoms with Crippen LogP contribution >= 0.6 is 0 Å². The molecule has 2 aromatic rings. The Balaban J connectivity index is 1.66. The van der Waals surface area contributed by atoms with Crippen molar-refractivity contribution in [2.24, 2.45) is 0 Å². The molecule has 10 heteroatoms. The van der Waals surface area contributed by atoms with E-state index in [2.05, 4.69) is 10.4 Å². The van der Waals surface area contributed by atoms with E-state index in [9.17, 15) is 27.5 Å². The van der Waals surface area contributed by atoms with Gasteiger partial charge in [0.1, 0.15) is 18.1 Å². The van der Waals surface area contributed by atoms with E-state index < -0.39 is 29.3 Å². The molecule has 0 spiro atoms. The molecule has 0 radical (unpaired) electrons. The summed E-state index contributed by atoms with van der Waals surface area (Å²) in [5.74, 6) is -1.10. The fraction of sp³-hybridized carbons (Fsp3) is 0.600. The van der Waals surface area contributed by atoms with Gasteiger partial charge in [0.05, 0.1) is 28.1 Å². The third kappa shape index (κ3) is 4.02. The quantitative estimate of drug-likeness (QED) is 0.729. The Morgan fingerprint density at radius 1 is 1.33 bits per heavy atom. The van der Waals surface area contributed by atoms with E-state index in [-0.39, 0.29) is 60.4 Å². The molecule has 30 heavy (non-hydrogen) atoms. The lowest BCUT2D eigenvalue weighted by atomic mass is 9.77. The molecule has 164 valence electrons. The van der Waals surface area contributed by atoms with E-state index in [1.807, 2.05) is 6.92 Å². The monoisotopic (exact) mass is 429 g/mol. The number of carbonyl (C=O) groups excluding carboxylic acids is 1. The minimum atomic E-state index is -4.75. The Morgan fingerprint density at radius 2 is 2.03 bits per heavy atom. The predicted molar refractivity (Wildman–Crippen MR) is 99.7 cm³/mol. The highest BCUT2D eigenvalue weighted by molar-refractivity contribution is 5.85. The number of hydrogen-bond acceptors (Lipinski definition) is 5. The molecule has 1 aromatic carbocycles. The van der Waals surface area contributed by atoms with Gasteiger partial charge in [0.25, 0.3) is 0 Å². The summed E-state index contributed by atoms with van der Waals surface area (Å²) in [5, 5.41) is 16.5. The van der Waals surface area contributed by atoms with Gasteiger partial charge in [-0.05, 0) is 38.8 Å². The number of piperidine rings is 1. The van der Waals surface area contributed by atoms with Gasteiger partial charge >= 0.3 is 6.18 Å². The van der Waals surface area contributed by atoms with E-state index >= 15 is 0 Å². The zero-order chi connectivity index (χ0) is 21.8. The van der Waals surface area contributed by atoms with Gasteiger partial charge in [-0.25, -0.2) is 0 Å². The van der Waals surface area contributed by atoms with Crippen molar-refractivity contribution >= 4 is 16.7 Å². The van der Waals surface area contributed by atoms with Crippen molar-refractivity contribution in [1.29, 1.82) is 0 Å². The lowest BCUT2D eigenvalue weighted by Gasteiger charge is -2.41. The summed E-state index contributed by atoms with van der Waals surface area (Å²) < 4.78 is 62.4. The summed E-state index contributed by atoms with van der Waals surface area (Å²) in [6.45, 7) is 3.41. The predicted octanol–water partition coefficient (Wildman–Crippen LogP) is 3.37. The molecule has 2 fully saturated rings. The van der Waals surface area contributed by atoms with Gasteiger partial charge in [0.2, 0.25) is 5.95 Å². The Morgan fingerprint density at radius 3 is 2.63 bits per heavy atom. The van der Waals surface area contributed by atoms with Crippen molar-refractivity contribution in [1.82, 2.24) is 15.1 Å². The lowest BCUT2D eigenvalue weighted by Crippen LogP contribution is -2.47. The third-order valence-corrected chi connectivity index (χ3v) is 5.71. The Kier molecular flexibility index (Phi) is 5.05. The number of aromatic nitrogens is 2. The van der Waals surface area contributed by atoms with Crippen LogP contribution in [0.5, 0.6) is 5.75 Å². The number of rotatable bonds is 4. The molecular weight excluding hydrogens is 406 g/mol. The summed E-state index contributed by atoms with van der Waals surface area (Å²) in [4.78, 5) is 11.7. The molecular formula is C20H23F4N3O3. The molecule has 2 N–H and O–H groups in total. The normalized spacial score (nSPS) is 29.8. The highest BCUT2D eigenvalue weighted by Crippen LogP contribution is 2.45. The molecule has 6 nitrogen and oxygen atoms in total. The number of halogens is 4. The maximum atomic E-state index is 14.5. The van der Waals surface area contributed by atoms with Gasteiger partial charge in [-0.3, -0.25) is 9.48 Å². The minimum absolute atomic E-state index is 0.0138. The first-order valence-electron chi connectivity index (χ1n) is 9.85. The van der Waals surface area contributed by atoms with Gasteiger partial charge in [-0.2, -0.15) is 17.6 Å². The Hall–Kier alpha value is -2.20. The van der Waals surface area contributed by atoms with Crippen LogP contribution < -0.4 is 10.1 Å². The molecule has 2 unspecified atom stereocenters. The fourth-order valence-corrected chi connectivity index (χ4v) is 4.43. The topological polar surface area (TPSA) is 76.4 Å². The van der Waals surface area contributed by atoms with Crippen molar-refractivity contribution < 1.29 is 32.2 Å². The zero-order valence-corrected chi connectivity index (χ0v) is 16.6. The number of ketones is 1. The largest absolute Gasteiger partial charge is 0.492 e. The summed E-state index contributed by atoms with van der Waals surface area (Å²) in [5.41, 5.74) is -2.39. The zero-order valence-electron chi connectivity index (χ0n) is 16.6. The number of carbonyl (C=O) groups is 1. The standard InChI is InChI=1S/C20H23F4N3O3/c1-10-3-13(28)4-11(25-10)9-30-14-5-15-17(16(6-14)20(22,23)24)27(26-18(15)21)12-7-19(2,29)8-12/h5-6,10-12,25,29H,3-4,7-9H2,1-2H3. The van der Waals surface area contributed by atoms with Gasteiger partial charge in [0.15, 0.2) is 0 Å². The number of nitrogens with one attached hydrogen (secondary N) is 1. The molecule has 0 amide bonds. The first-order chi connectivity index (χ1) is 13.9. The number of alkyl halides is 3. The van der Waals surface area contributed by atoms with E-state index in [1.54, 1.807) is 6.92 Å².